The van der Waals surface area contributed by atoms with E-state index in [0.717, 1.165) is 16.9 Å². The molecule has 2 rings (SSSR count). The van der Waals surface area contributed by atoms with Gasteiger partial charge in [0.25, 0.3) is 0 Å². The molecule has 20 heavy (non-hydrogen) atoms. The van der Waals surface area contributed by atoms with Crippen molar-refractivity contribution >= 4 is 7.54 Å². The Morgan fingerprint density at radius 2 is 1.45 bits per heavy atom. The Kier molecular flexibility index (Phi) is 6.59. The summed E-state index contributed by atoms with van der Waals surface area (Å²) >= 11 is 0. The van der Waals surface area contributed by atoms with Gasteiger partial charge in [0.15, 0.2) is 0 Å². The number of rotatable bonds is 3. The van der Waals surface area contributed by atoms with Crippen LogP contribution in [0.2, 0.25) is 0 Å². The zero-order valence-corrected chi connectivity index (χ0v) is 10.7. The summed E-state index contributed by atoms with van der Waals surface area (Å²) < 4.78 is 34.1. The van der Waals surface area contributed by atoms with Gasteiger partial charge in [-0.25, -0.2) is 0 Å². The van der Waals surface area contributed by atoms with Crippen LogP contribution in [0.3, 0.4) is 0 Å². The average molecular weight is 283 g/mol. The summed E-state index contributed by atoms with van der Waals surface area (Å²) in [5.41, 5.74) is 1.67. The number of pyridine rings is 1. The Hall–Kier alpha value is -2.02. The minimum Gasteiger partial charge on any atom is -0.497 e. The molecule has 3 nitrogen and oxygen atoms in total. The fourth-order valence-electron chi connectivity index (χ4n) is 1.52. The van der Waals surface area contributed by atoms with Gasteiger partial charge in [-0.1, -0.05) is 12.1 Å². The summed E-state index contributed by atoms with van der Waals surface area (Å²) in [6.45, 7) is 0. The van der Waals surface area contributed by atoms with Crippen LogP contribution in [0.5, 0.6) is 5.75 Å². The highest BCUT2D eigenvalue weighted by Gasteiger charge is 2.09. The molecule has 0 aliphatic rings. The van der Waals surface area contributed by atoms with Gasteiger partial charge in [-0.15, -0.1) is 0 Å². The van der Waals surface area contributed by atoms with Crippen molar-refractivity contribution in [2.45, 2.75) is 6.10 Å². The summed E-state index contributed by atoms with van der Waals surface area (Å²) in [6, 6.07) is 11.0. The molecule has 1 N–H and O–H groups in total. The molecule has 0 spiro atoms. The van der Waals surface area contributed by atoms with E-state index in [2.05, 4.69) is 4.98 Å². The fraction of sp³-hybridized carbons (Fsp3) is 0.154. The molecule has 7 heteroatoms. The lowest BCUT2D eigenvalue weighted by Gasteiger charge is -2.11. The number of hydrogen-bond donors (Lipinski definition) is 1. The van der Waals surface area contributed by atoms with Crippen LogP contribution in [0.25, 0.3) is 0 Å². The molecule has 0 bridgehead atoms. The molecule has 0 saturated carbocycles. The molecule has 0 unspecified atom stereocenters. The first-order valence-electron chi connectivity index (χ1n) is 5.68. The van der Waals surface area contributed by atoms with E-state index in [0.29, 0.717) is 0 Å². The molecular weight excluding hydrogens is 270 g/mol. The van der Waals surface area contributed by atoms with Gasteiger partial charge < -0.3 is 9.84 Å². The van der Waals surface area contributed by atoms with Crippen LogP contribution >= 0.6 is 0 Å². The molecule has 1 aromatic heterocycles. The Bertz CT molecular complexity index is 494. The van der Waals surface area contributed by atoms with E-state index < -0.39 is 13.6 Å². The maximum absolute atomic E-state index is 10.1. The number of aromatic nitrogens is 1. The van der Waals surface area contributed by atoms with Crippen molar-refractivity contribution in [1.82, 2.24) is 4.98 Å². The summed E-state index contributed by atoms with van der Waals surface area (Å²) in [5.74, 6) is 0.783. The van der Waals surface area contributed by atoms with E-state index in [4.69, 9.17) is 4.74 Å². The van der Waals surface area contributed by atoms with Crippen molar-refractivity contribution in [1.29, 1.82) is 0 Å². The molecule has 106 valence electrons. The zero-order chi connectivity index (χ0) is 15.0. The SMILES string of the molecule is COc1ccc([C@H](O)c2ccncc2)cc1.FB(F)F. The largest absolute Gasteiger partial charge is 0.762 e. The number of methoxy groups -OCH3 is 1. The van der Waals surface area contributed by atoms with E-state index in [1.807, 2.05) is 24.3 Å². The Balaban J connectivity index is 0.000000444. The summed E-state index contributed by atoms with van der Waals surface area (Å²) in [4.78, 5) is 3.92. The van der Waals surface area contributed by atoms with E-state index in [9.17, 15) is 18.1 Å². The minimum atomic E-state index is -3.67. The van der Waals surface area contributed by atoms with Gasteiger partial charge in [0.2, 0.25) is 0 Å². The molecule has 0 amide bonds. The maximum Gasteiger partial charge on any atom is 0.762 e. The van der Waals surface area contributed by atoms with Crippen LogP contribution in [-0.4, -0.2) is 24.7 Å². The average Bonchev–Trinajstić information content (AvgIpc) is 2.47. The highest BCUT2D eigenvalue weighted by Crippen LogP contribution is 2.23. The summed E-state index contributed by atoms with van der Waals surface area (Å²) in [6.07, 6.45) is 2.72. The van der Waals surface area contributed by atoms with Crippen molar-refractivity contribution in [3.63, 3.8) is 0 Å². The van der Waals surface area contributed by atoms with Crippen LogP contribution in [-0.2, 0) is 0 Å². The second-order valence-corrected chi connectivity index (χ2v) is 3.70. The molecule has 1 aromatic carbocycles. The molecule has 1 heterocycles. The normalized spacial score (nSPS) is 11.1. The maximum atomic E-state index is 10.1. The predicted molar refractivity (Wildman–Crippen MR) is 70.4 cm³/mol. The predicted octanol–water partition coefficient (Wildman–Crippen LogP) is 3.05. The molecule has 0 aliphatic carbocycles. The molecule has 0 aliphatic heterocycles. The third kappa shape index (κ3) is 5.32. The number of halogens is 3. The van der Waals surface area contributed by atoms with Crippen LogP contribution in [0.15, 0.2) is 48.8 Å². The molecular formula is C13H13BF3NO2. The van der Waals surface area contributed by atoms with E-state index in [-0.39, 0.29) is 0 Å². The third-order valence-electron chi connectivity index (χ3n) is 2.45. The standard InChI is InChI=1S/C13H13NO2.BF3/c1-16-12-4-2-10(3-5-12)13(15)11-6-8-14-9-7-11;2-1(3)4/h2-9,13,15H,1H3;/t13-;/m0./s1. The first kappa shape index (κ1) is 16.0. The van der Waals surface area contributed by atoms with Gasteiger partial charge in [-0.05, 0) is 35.4 Å². The van der Waals surface area contributed by atoms with Crippen LogP contribution in [0.1, 0.15) is 17.2 Å². The summed E-state index contributed by atoms with van der Waals surface area (Å²) in [5, 5.41) is 10.1. The number of benzene rings is 1. The molecule has 0 radical (unpaired) electrons. The monoisotopic (exact) mass is 283 g/mol. The quantitative estimate of drug-likeness (QED) is 0.880. The zero-order valence-electron chi connectivity index (χ0n) is 10.7. The third-order valence-corrected chi connectivity index (χ3v) is 2.45. The van der Waals surface area contributed by atoms with E-state index in [1.54, 1.807) is 31.6 Å². The van der Waals surface area contributed by atoms with Crippen LogP contribution in [0.4, 0.5) is 12.9 Å². The lowest BCUT2D eigenvalue weighted by molar-refractivity contribution is 0.220. The second kappa shape index (κ2) is 8.21. The Morgan fingerprint density at radius 3 is 1.90 bits per heavy atom. The van der Waals surface area contributed by atoms with Crippen LogP contribution in [0, 0.1) is 0 Å². The number of ether oxygens (including phenoxy) is 1. The number of aliphatic hydroxyl groups excluding tert-OH is 1. The Labute approximate surface area is 115 Å². The van der Waals surface area contributed by atoms with Crippen molar-refractivity contribution < 1.29 is 22.8 Å². The number of hydrogen-bond acceptors (Lipinski definition) is 3. The summed E-state index contributed by atoms with van der Waals surface area (Å²) in [7, 11) is -2.05. The highest BCUT2D eigenvalue weighted by molar-refractivity contribution is 6.33. The lowest BCUT2D eigenvalue weighted by Crippen LogP contribution is -1.99. The van der Waals surface area contributed by atoms with Crippen molar-refractivity contribution in [2.75, 3.05) is 7.11 Å². The fourth-order valence-corrected chi connectivity index (χ4v) is 1.52. The van der Waals surface area contributed by atoms with E-state index in [1.165, 1.54) is 0 Å². The smallest absolute Gasteiger partial charge is 0.497 e. The Morgan fingerprint density at radius 1 is 1.00 bits per heavy atom. The van der Waals surface area contributed by atoms with Gasteiger partial charge in [-0.3, -0.25) is 17.9 Å². The topological polar surface area (TPSA) is 42.4 Å². The second-order valence-electron chi connectivity index (χ2n) is 3.70. The van der Waals surface area contributed by atoms with Crippen molar-refractivity contribution in [3.8, 4) is 5.75 Å². The minimum absolute atomic E-state index is 0.617. The first-order valence-corrected chi connectivity index (χ1v) is 5.68. The van der Waals surface area contributed by atoms with Gasteiger partial charge in [-0.2, -0.15) is 0 Å². The van der Waals surface area contributed by atoms with Crippen LogP contribution < -0.4 is 4.74 Å². The number of aliphatic hydroxyl groups is 1. The molecule has 1 atom stereocenters. The first-order chi connectivity index (χ1) is 9.54. The number of nitrogens with zero attached hydrogens (tertiary/aromatic N) is 1. The van der Waals surface area contributed by atoms with Gasteiger partial charge in [0, 0.05) is 12.4 Å². The van der Waals surface area contributed by atoms with Crippen molar-refractivity contribution in [2.24, 2.45) is 0 Å². The van der Waals surface area contributed by atoms with Gasteiger partial charge in [0.1, 0.15) is 11.9 Å². The molecule has 0 fully saturated rings. The lowest BCUT2D eigenvalue weighted by atomic mass is 10.0. The molecule has 0 saturated heterocycles. The van der Waals surface area contributed by atoms with Gasteiger partial charge in [0.05, 0.1) is 7.11 Å². The van der Waals surface area contributed by atoms with Gasteiger partial charge >= 0.3 is 7.54 Å². The highest BCUT2D eigenvalue weighted by atomic mass is 19.4. The van der Waals surface area contributed by atoms with Crippen molar-refractivity contribution in [3.05, 3.63) is 59.9 Å². The molecule has 2 aromatic rings. The van der Waals surface area contributed by atoms with E-state index >= 15 is 0 Å².